The fourth-order valence-corrected chi connectivity index (χ4v) is 3.58. The molecule has 0 saturated carbocycles. The number of hydrogen-bond acceptors (Lipinski definition) is 5. The first-order chi connectivity index (χ1) is 14.2. The van der Waals surface area contributed by atoms with Crippen LogP contribution >= 0.6 is 11.9 Å². The minimum Gasteiger partial charge on any atom is -0.334 e. The molecule has 4 N–H and O–H groups in total. The molecule has 3 amide bonds. The quantitative estimate of drug-likeness (QED) is 0.465. The summed E-state index contributed by atoms with van der Waals surface area (Å²) < 4.78 is 3.27. The van der Waals surface area contributed by atoms with Gasteiger partial charge in [0.05, 0.1) is 6.42 Å². The summed E-state index contributed by atoms with van der Waals surface area (Å²) in [5, 5.41) is 8.42. The second kappa shape index (κ2) is 8.66. The maximum absolute atomic E-state index is 12.0. The molecule has 1 aliphatic rings. The van der Waals surface area contributed by atoms with Gasteiger partial charge < -0.3 is 20.7 Å². The molecule has 3 aromatic rings. The SMILES string of the molecule is O=C1Cc2cc(SNc3ccc(NC(=O)NCc4cccnc4)cc3)ccc2N1. The van der Waals surface area contributed by atoms with E-state index in [1.165, 1.54) is 11.9 Å². The smallest absolute Gasteiger partial charge is 0.319 e. The van der Waals surface area contributed by atoms with Crippen molar-refractivity contribution < 1.29 is 9.59 Å². The Morgan fingerprint density at radius 1 is 1.10 bits per heavy atom. The van der Waals surface area contributed by atoms with Gasteiger partial charge in [-0.3, -0.25) is 9.78 Å². The van der Waals surface area contributed by atoms with Crippen LogP contribution in [0.3, 0.4) is 0 Å². The third-order valence-electron chi connectivity index (χ3n) is 4.31. The lowest BCUT2D eigenvalue weighted by Crippen LogP contribution is -2.28. The molecule has 1 aliphatic heterocycles. The van der Waals surface area contributed by atoms with Crippen molar-refractivity contribution in [2.75, 3.05) is 15.4 Å². The molecule has 8 heteroatoms. The van der Waals surface area contributed by atoms with Gasteiger partial charge in [0.25, 0.3) is 0 Å². The van der Waals surface area contributed by atoms with Crippen molar-refractivity contribution in [2.24, 2.45) is 0 Å². The minimum absolute atomic E-state index is 0.0303. The van der Waals surface area contributed by atoms with E-state index in [1.807, 2.05) is 54.6 Å². The van der Waals surface area contributed by atoms with Gasteiger partial charge in [-0.05, 0) is 71.6 Å². The van der Waals surface area contributed by atoms with Crippen LogP contribution in [0, 0.1) is 0 Å². The highest BCUT2D eigenvalue weighted by molar-refractivity contribution is 8.00. The predicted octanol–water partition coefficient (Wildman–Crippen LogP) is 4.02. The molecule has 2 aromatic carbocycles. The summed E-state index contributed by atoms with van der Waals surface area (Å²) in [5.41, 5.74) is 4.44. The van der Waals surface area contributed by atoms with E-state index in [9.17, 15) is 9.59 Å². The number of hydrogen-bond donors (Lipinski definition) is 4. The molecule has 0 radical (unpaired) electrons. The molecule has 146 valence electrons. The van der Waals surface area contributed by atoms with Crippen molar-refractivity contribution in [1.82, 2.24) is 10.3 Å². The number of carbonyl (C=O) groups is 2. The number of fused-ring (bicyclic) bond motifs is 1. The highest BCUT2D eigenvalue weighted by atomic mass is 32.2. The van der Waals surface area contributed by atoms with E-state index in [0.29, 0.717) is 18.7 Å². The van der Waals surface area contributed by atoms with E-state index in [-0.39, 0.29) is 11.9 Å². The average molecular weight is 405 g/mol. The number of aromatic nitrogens is 1. The zero-order valence-electron chi connectivity index (χ0n) is 15.4. The molecule has 0 saturated heterocycles. The second-order valence-corrected chi connectivity index (χ2v) is 7.37. The number of anilines is 3. The first-order valence-electron chi connectivity index (χ1n) is 9.05. The lowest BCUT2D eigenvalue weighted by Gasteiger charge is -2.10. The minimum atomic E-state index is -0.273. The first-order valence-corrected chi connectivity index (χ1v) is 9.87. The third-order valence-corrected chi connectivity index (χ3v) is 5.13. The topological polar surface area (TPSA) is 95.2 Å². The Kier molecular flexibility index (Phi) is 5.62. The first kappa shape index (κ1) is 18.8. The van der Waals surface area contributed by atoms with Gasteiger partial charge in [0.2, 0.25) is 5.91 Å². The van der Waals surface area contributed by atoms with Crippen molar-refractivity contribution in [2.45, 2.75) is 17.9 Å². The average Bonchev–Trinajstić information content (AvgIpc) is 3.12. The van der Waals surface area contributed by atoms with Gasteiger partial charge in [0.15, 0.2) is 0 Å². The van der Waals surface area contributed by atoms with Crippen molar-refractivity contribution >= 4 is 40.9 Å². The maximum Gasteiger partial charge on any atom is 0.319 e. The van der Waals surface area contributed by atoms with Crippen LogP contribution in [0.5, 0.6) is 0 Å². The molecule has 0 fully saturated rings. The summed E-state index contributed by atoms with van der Waals surface area (Å²) in [6.45, 7) is 0.415. The van der Waals surface area contributed by atoms with E-state index >= 15 is 0 Å². The predicted molar refractivity (Wildman–Crippen MR) is 115 cm³/mol. The van der Waals surface area contributed by atoms with Crippen molar-refractivity contribution in [3.05, 3.63) is 78.1 Å². The number of nitrogens with one attached hydrogen (secondary N) is 4. The van der Waals surface area contributed by atoms with Crippen LogP contribution in [-0.2, 0) is 17.8 Å². The fraction of sp³-hybridized carbons (Fsp3) is 0.0952. The molecule has 4 rings (SSSR count). The van der Waals surface area contributed by atoms with E-state index in [2.05, 4.69) is 25.7 Å². The standard InChI is InChI=1S/C21H19N5O2S/c27-20-11-15-10-18(7-8-19(15)25-20)29-26-17-5-3-16(4-6-17)24-21(28)23-13-14-2-1-9-22-12-14/h1-10,12,26H,11,13H2,(H,25,27)(H2,23,24,28). The Balaban J connectivity index is 1.26. The number of urea groups is 1. The van der Waals surface area contributed by atoms with Crippen LogP contribution in [0.15, 0.2) is 71.9 Å². The fourth-order valence-electron chi connectivity index (χ4n) is 2.87. The van der Waals surface area contributed by atoms with Crippen LogP contribution in [0.1, 0.15) is 11.1 Å². The van der Waals surface area contributed by atoms with E-state index in [4.69, 9.17) is 0 Å². The zero-order chi connectivity index (χ0) is 20.1. The Hall–Kier alpha value is -3.52. The Morgan fingerprint density at radius 2 is 1.93 bits per heavy atom. The number of pyridine rings is 1. The highest BCUT2D eigenvalue weighted by Gasteiger charge is 2.17. The number of carbonyl (C=O) groups excluding carboxylic acids is 2. The van der Waals surface area contributed by atoms with Gasteiger partial charge in [-0.1, -0.05) is 6.07 Å². The molecule has 0 bridgehead atoms. The summed E-state index contributed by atoms with van der Waals surface area (Å²) in [4.78, 5) is 28.5. The second-order valence-electron chi connectivity index (χ2n) is 6.49. The summed E-state index contributed by atoms with van der Waals surface area (Å²) in [6, 6.07) is 16.8. The number of benzene rings is 2. The van der Waals surface area contributed by atoms with Crippen LogP contribution < -0.4 is 20.7 Å². The van der Waals surface area contributed by atoms with Gasteiger partial charge >= 0.3 is 6.03 Å². The van der Waals surface area contributed by atoms with Crippen LogP contribution in [0.4, 0.5) is 21.9 Å². The Bertz CT molecular complexity index is 1030. The normalized spacial score (nSPS) is 12.1. The van der Waals surface area contributed by atoms with Crippen LogP contribution in [0.2, 0.25) is 0 Å². The molecule has 0 aliphatic carbocycles. The van der Waals surface area contributed by atoms with E-state index in [1.54, 1.807) is 12.4 Å². The number of rotatable bonds is 6. The van der Waals surface area contributed by atoms with Gasteiger partial charge in [-0.2, -0.15) is 0 Å². The Morgan fingerprint density at radius 3 is 2.72 bits per heavy atom. The molecule has 7 nitrogen and oxygen atoms in total. The summed E-state index contributed by atoms with van der Waals surface area (Å²) in [6.07, 6.45) is 3.83. The molecule has 0 unspecified atom stereocenters. The largest absolute Gasteiger partial charge is 0.334 e. The zero-order valence-corrected chi connectivity index (χ0v) is 16.3. The monoisotopic (exact) mass is 405 g/mol. The Labute approximate surface area is 172 Å². The van der Waals surface area contributed by atoms with Gasteiger partial charge in [0, 0.05) is 40.9 Å². The molecular weight excluding hydrogens is 386 g/mol. The number of amides is 3. The van der Waals surface area contributed by atoms with Crippen LogP contribution in [-0.4, -0.2) is 16.9 Å². The molecule has 1 aromatic heterocycles. The van der Waals surface area contributed by atoms with E-state index < -0.39 is 0 Å². The van der Waals surface area contributed by atoms with Crippen LogP contribution in [0.25, 0.3) is 0 Å². The van der Waals surface area contributed by atoms with Crippen molar-refractivity contribution in [3.8, 4) is 0 Å². The molecule has 29 heavy (non-hydrogen) atoms. The van der Waals surface area contributed by atoms with Gasteiger partial charge in [-0.25, -0.2) is 4.79 Å². The molecular formula is C21H19N5O2S. The third kappa shape index (κ3) is 5.05. The van der Waals surface area contributed by atoms with Gasteiger partial charge in [0.1, 0.15) is 0 Å². The lowest BCUT2D eigenvalue weighted by atomic mass is 10.2. The number of nitrogens with zero attached hydrogens (tertiary/aromatic N) is 1. The van der Waals surface area contributed by atoms with Crippen molar-refractivity contribution in [3.63, 3.8) is 0 Å². The molecule has 2 heterocycles. The van der Waals surface area contributed by atoms with Crippen molar-refractivity contribution in [1.29, 1.82) is 0 Å². The maximum atomic E-state index is 12.0. The lowest BCUT2D eigenvalue weighted by molar-refractivity contribution is -0.115. The van der Waals surface area contributed by atoms with Gasteiger partial charge in [-0.15, -0.1) is 0 Å². The summed E-state index contributed by atoms with van der Waals surface area (Å²) in [7, 11) is 0. The summed E-state index contributed by atoms with van der Waals surface area (Å²) in [5.74, 6) is 0.0303. The van der Waals surface area contributed by atoms with E-state index in [0.717, 1.165) is 27.4 Å². The summed E-state index contributed by atoms with van der Waals surface area (Å²) >= 11 is 1.47. The molecule has 0 spiro atoms. The molecule has 0 atom stereocenters. The highest BCUT2D eigenvalue weighted by Crippen LogP contribution is 2.29.